The van der Waals surface area contributed by atoms with E-state index in [2.05, 4.69) is 5.32 Å². The van der Waals surface area contributed by atoms with Gasteiger partial charge >= 0.3 is 5.97 Å². The van der Waals surface area contributed by atoms with Crippen molar-refractivity contribution in [3.05, 3.63) is 23.8 Å². The Hall–Kier alpha value is -1.93. The Labute approximate surface area is 167 Å². The first-order chi connectivity index (χ1) is 13.1. The maximum atomic E-state index is 12.4. The zero-order chi connectivity index (χ0) is 20.9. The van der Waals surface area contributed by atoms with Crippen LogP contribution in [0.2, 0.25) is 0 Å². The topological polar surface area (TPSA) is 92.8 Å². The molecule has 1 fully saturated rings. The molecule has 0 bridgehead atoms. The highest BCUT2D eigenvalue weighted by Crippen LogP contribution is 2.28. The zero-order valence-electron chi connectivity index (χ0n) is 17.0. The fraction of sp³-hybridized carbons (Fsp3) is 0.600. The lowest BCUT2D eigenvalue weighted by atomic mass is 10.0. The minimum Gasteiger partial charge on any atom is -0.453 e. The summed E-state index contributed by atoms with van der Waals surface area (Å²) in [5.74, 6) is -0.285. The molecule has 1 N–H and O–H groups in total. The van der Waals surface area contributed by atoms with Gasteiger partial charge in [0, 0.05) is 26.2 Å². The number of sulfonamides is 1. The minimum absolute atomic E-state index is 0.0830. The van der Waals surface area contributed by atoms with Crippen LogP contribution >= 0.6 is 0 Å². The van der Waals surface area contributed by atoms with E-state index in [4.69, 9.17) is 4.74 Å². The number of ether oxygens (including phenoxy) is 1. The molecule has 28 heavy (non-hydrogen) atoms. The van der Waals surface area contributed by atoms with E-state index in [1.807, 2.05) is 0 Å². The molecule has 1 aliphatic carbocycles. The molecule has 1 aromatic carbocycles. The molecule has 2 rings (SSSR count). The summed E-state index contributed by atoms with van der Waals surface area (Å²) in [6.07, 6.45) is 4.93. The Morgan fingerprint density at radius 2 is 1.89 bits per heavy atom. The standard InChI is InChI=1S/C20H30N2O5S/c1-14-9-11-17(28(25,26)22(3)4)13-18(14)21-20(24)15(2)27-19(23)12-10-16-7-5-6-8-16/h9,11,13,15-16H,5-8,10,12H2,1-4H3,(H,21,24). The van der Waals surface area contributed by atoms with Crippen molar-refractivity contribution in [3.8, 4) is 0 Å². The van der Waals surface area contributed by atoms with Crippen LogP contribution in [0.4, 0.5) is 5.69 Å². The molecule has 1 aromatic rings. The van der Waals surface area contributed by atoms with Gasteiger partial charge in [-0.3, -0.25) is 9.59 Å². The molecule has 0 saturated heterocycles. The van der Waals surface area contributed by atoms with Crippen LogP contribution in [0.5, 0.6) is 0 Å². The number of amides is 1. The van der Waals surface area contributed by atoms with Crippen LogP contribution in [0, 0.1) is 12.8 Å². The van der Waals surface area contributed by atoms with Crippen molar-refractivity contribution < 1.29 is 22.7 Å². The Bertz CT molecular complexity index is 814. The third kappa shape index (κ3) is 5.78. The van der Waals surface area contributed by atoms with Gasteiger partial charge in [-0.25, -0.2) is 12.7 Å². The molecule has 1 unspecified atom stereocenters. The van der Waals surface area contributed by atoms with Gasteiger partial charge in [0.1, 0.15) is 0 Å². The number of nitrogens with zero attached hydrogens (tertiary/aromatic N) is 1. The van der Waals surface area contributed by atoms with Gasteiger partial charge in [-0.05, 0) is 43.9 Å². The third-order valence-corrected chi connectivity index (χ3v) is 6.97. The highest BCUT2D eigenvalue weighted by Gasteiger charge is 2.22. The lowest BCUT2D eigenvalue weighted by Crippen LogP contribution is -2.30. The molecule has 0 spiro atoms. The van der Waals surface area contributed by atoms with E-state index in [1.165, 1.54) is 46.0 Å². The first-order valence-corrected chi connectivity index (χ1v) is 11.1. The number of carbonyl (C=O) groups excluding carboxylic acids is 2. The molecule has 0 aromatic heterocycles. The van der Waals surface area contributed by atoms with Gasteiger partial charge in [0.15, 0.2) is 6.10 Å². The SMILES string of the molecule is Cc1ccc(S(=O)(=O)N(C)C)cc1NC(=O)C(C)OC(=O)CCC1CCCC1. The summed E-state index contributed by atoms with van der Waals surface area (Å²) >= 11 is 0. The fourth-order valence-electron chi connectivity index (χ4n) is 3.27. The molecular formula is C20H30N2O5S. The second-order valence-electron chi connectivity index (χ2n) is 7.57. The Kier molecular flexibility index (Phi) is 7.60. The maximum absolute atomic E-state index is 12.4. The van der Waals surface area contributed by atoms with Crippen LogP contribution in [0.15, 0.2) is 23.1 Å². The largest absolute Gasteiger partial charge is 0.453 e. The van der Waals surface area contributed by atoms with Gasteiger partial charge in [0.25, 0.3) is 5.91 Å². The number of anilines is 1. The number of esters is 1. The summed E-state index contributed by atoms with van der Waals surface area (Å²) < 4.78 is 30.9. The zero-order valence-corrected chi connectivity index (χ0v) is 17.8. The molecule has 0 aliphatic heterocycles. The Morgan fingerprint density at radius 3 is 2.50 bits per heavy atom. The summed E-state index contributed by atoms with van der Waals surface area (Å²) in [5.41, 5.74) is 1.09. The normalized spacial score (nSPS) is 16.2. The summed E-state index contributed by atoms with van der Waals surface area (Å²) in [5, 5.41) is 2.66. The quantitative estimate of drug-likeness (QED) is 0.665. The smallest absolute Gasteiger partial charge is 0.306 e. The number of carbonyl (C=O) groups is 2. The van der Waals surface area contributed by atoms with Gasteiger partial charge in [0.05, 0.1) is 4.90 Å². The van der Waals surface area contributed by atoms with E-state index in [-0.39, 0.29) is 10.9 Å². The summed E-state index contributed by atoms with van der Waals surface area (Å²) in [4.78, 5) is 24.5. The molecule has 8 heteroatoms. The second kappa shape index (κ2) is 9.52. The van der Waals surface area contributed by atoms with Crippen LogP contribution in [-0.2, 0) is 24.3 Å². The van der Waals surface area contributed by atoms with E-state index in [0.717, 1.165) is 23.6 Å². The molecule has 156 valence electrons. The van der Waals surface area contributed by atoms with Crippen LogP contribution in [-0.4, -0.2) is 44.8 Å². The molecule has 0 heterocycles. The number of aryl methyl sites for hydroxylation is 1. The fourth-order valence-corrected chi connectivity index (χ4v) is 4.20. The lowest BCUT2D eigenvalue weighted by Gasteiger charge is -2.17. The monoisotopic (exact) mass is 410 g/mol. The van der Waals surface area contributed by atoms with E-state index in [9.17, 15) is 18.0 Å². The van der Waals surface area contributed by atoms with E-state index in [0.29, 0.717) is 23.6 Å². The highest BCUT2D eigenvalue weighted by atomic mass is 32.2. The van der Waals surface area contributed by atoms with E-state index < -0.39 is 22.0 Å². The molecule has 1 atom stereocenters. The number of hydrogen-bond acceptors (Lipinski definition) is 5. The third-order valence-electron chi connectivity index (χ3n) is 5.15. The number of rotatable bonds is 8. The van der Waals surface area contributed by atoms with Gasteiger partial charge in [-0.2, -0.15) is 0 Å². The van der Waals surface area contributed by atoms with Crippen LogP contribution < -0.4 is 5.32 Å². The van der Waals surface area contributed by atoms with Crippen LogP contribution in [0.3, 0.4) is 0 Å². The molecule has 7 nitrogen and oxygen atoms in total. The number of benzene rings is 1. The van der Waals surface area contributed by atoms with Crippen molar-refractivity contribution in [1.82, 2.24) is 4.31 Å². The van der Waals surface area contributed by atoms with Crippen molar-refractivity contribution in [1.29, 1.82) is 0 Å². The van der Waals surface area contributed by atoms with Gasteiger partial charge in [-0.15, -0.1) is 0 Å². The van der Waals surface area contributed by atoms with Crippen molar-refractivity contribution in [3.63, 3.8) is 0 Å². The molecule has 1 aliphatic rings. The molecule has 0 radical (unpaired) electrons. The first-order valence-electron chi connectivity index (χ1n) is 9.64. The summed E-state index contributed by atoms with van der Waals surface area (Å²) in [6, 6.07) is 4.54. The van der Waals surface area contributed by atoms with E-state index in [1.54, 1.807) is 13.0 Å². The number of hydrogen-bond donors (Lipinski definition) is 1. The predicted octanol–water partition coefficient (Wildman–Crippen LogP) is 3.09. The molecule has 1 saturated carbocycles. The Morgan fingerprint density at radius 1 is 1.25 bits per heavy atom. The average Bonchev–Trinajstić information content (AvgIpc) is 3.15. The Balaban J connectivity index is 1.96. The maximum Gasteiger partial charge on any atom is 0.306 e. The second-order valence-corrected chi connectivity index (χ2v) is 9.73. The van der Waals surface area contributed by atoms with Crippen molar-refractivity contribution in [2.45, 2.75) is 63.4 Å². The van der Waals surface area contributed by atoms with Crippen LogP contribution in [0.1, 0.15) is 51.0 Å². The van der Waals surface area contributed by atoms with E-state index >= 15 is 0 Å². The van der Waals surface area contributed by atoms with Gasteiger partial charge in [0.2, 0.25) is 10.0 Å². The molecule has 1 amide bonds. The van der Waals surface area contributed by atoms with Crippen LogP contribution in [0.25, 0.3) is 0 Å². The minimum atomic E-state index is -3.61. The lowest BCUT2D eigenvalue weighted by molar-refractivity contribution is -0.153. The van der Waals surface area contributed by atoms with Crippen molar-refractivity contribution in [2.75, 3.05) is 19.4 Å². The molecular weight excluding hydrogens is 380 g/mol. The summed E-state index contributed by atoms with van der Waals surface area (Å²) in [6.45, 7) is 3.28. The van der Waals surface area contributed by atoms with Gasteiger partial charge < -0.3 is 10.1 Å². The predicted molar refractivity (Wildman–Crippen MR) is 107 cm³/mol. The van der Waals surface area contributed by atoms with Gasteiger partial charge in [-0.1, -0.05) is 31.7 Å². The first kappa shape index (κ1) is 22.4. The number of nitrogens with one attached hydrogen (secondary N) is 1. The van der Waals surface area contributed by atoms with Crippen molar-refractivity contribution in [2.24, 2.45) is 5.92 Å². The van der Waals surface area contributed by atoms with Crippen molar-refractivity contribution >= 4 is 27.6 Å². The average molecular weight is 411 g/mol. The highest BCUT2D eigenvalue weighted by molar-refractivity contribution is 7.89. The summed E-state index contributed by atoms with van der Waals surface area (Å²) in [7, 11) is -0.720.